The maximum Gasteiger partial charge on any atom is 0.256 e. The molecule has 2 aliphatic heterocycles. The van der Waals surface area contributed by atoms with Crippen LogP contribution in [0.3, 0.4) is 0 Å². The fourth-order valence-electron chi connectivity index (χ4n) is 4.81. The Labute approximate surface area is 167 Å². The van der Waals surface area contributed by atoms with Gasteiger partial charge in [-0.3, -0.25) is 4.79 Å². The zero-order valence-corrected chi connectivity index (χ0v) is 17.0. The number of hydrogen-bond acceptors (Lipinski definition) is 4. The second kappa shape index (κ2) is 8.23. The lowest BCUT2D eigenvalue weighted by atomic mass is 9.96. The molecule has 6 nitrogen and oxygen atoms in total. The van der Waals surface area contributed by atoms with Crippen LogP contribution in [-0.4, -0.2) is 89.7 Å². The smallest absolute Gasteiger partial charge is 0.256 e. The van der Waals surface area contributed by atoms with Gasteiger partial charge in [0.2, 0.25) is 0 Å². The highest BCUT2D eigenvalue weighted by Crippen LogP contribution is 2.28. The predicted octanol–water partition coefficient (Wildman–Crippen LogP) is 1.50. The highest BCUT2D eigenvalue weighted by atomic mass is 16.3. The van der Waals surface area contributed by atoms with Gasteiger partial charge in [0.1, 0.15) is 0 Å². The molecule has 4 rings (SSSR count). The highest BCUT2D eigenvalue weighted by Gasteiger charge is 2.36. The van der Waals surface area contributed by atoms with Crippen LogP contribution in [0.4, 0.5) is 0 Å². The summed E-state index contributed by atoms with van der Waals surface area (Å²) < 4.78 is 2.02. The molecule has 2 saturated heterocycles. The molecule has 2 unspecified atom stereocenters. The number of likely N-dealkylation sites (N-methyl/N-ethyl adjacent to an activating group) is 1. The van der Waals surface area contributed by atoms with E-state index in [9.17, 15) is 9.90 Å². The molecule has 2 fully saturated rings. The Bertz CT molecular complexity index is 833. The monoisotopic (exact) mass is 384 g/mol. The highest BCUT2D eigenvalue weighted by molar-refractivity contribution is 6.07. The molecule has 0 saturated carbocycles. The Balaban J connectivity index is 1.48. The van der Waals surface area contributed by atoms with E-state index in [4.69, 9.17) is 0 Å². The normalized spacial score (nSPS) is 24.8. The summed E-state index contributed by atoms with van der Waals surface area (Å²) >= 11 is 0. The number of fused-ring (bicyclic) bond motifs is 1. The SMILES string of the molecule is CN1CCCN(CC2CN(C(=O)c3cn(C)c4ccccc34)CC2CO)CC1. The third kappa shape index (κ3) is 3.81. The van der Waals surface area contributed by atoms with Gasteiger partial charge in [-0.2, -0.15) is 0 Å². The van der Waals surface area contributed by atoms with Crippen LogP contribution in [0.25, 0.3) is 10.9 Å². The topological polar surface area (TPSA) is 52.0 Å². The number of aliphatic hydroxyl groups is 1. The van der Waals surface area contributed by atoms with E-state index in [1.54, 1.807) is 0 Å². The first-order valence-corrected chi connectivity index (χ1v) is 10.4. The van der Waals surface area contributed by atoms with Gasteiger partial charge < -0.3 is 24.4 Å². The summed E-state index contributed by atoms with van der Waals surface area (Å²) in [6, 6.07) is 8.06. The molecule has 6 heteroatoms. The van der Waals surface area contributed by atoms with E-state index in [-0.39, 0.29) is 18.4 Å². The van der Waals surface area contributed by atoms with Gasteiger partial charge >= 0.3 is 0 Å². The van der Waals surface area contributed by atoms with Gasteiger partial charge in [-0.05, 0) is 38.5 Å². The third-order valence-corrected chi connectivity index (χ3v) is 6.53. The first kappa shape index (κ1) is 19.4. The van der Waals surface area contributed by atoms with E-state index in [1.807, 2.05) is 47.0 Å². The molecule has 0 spiro atoms. The summed E-state index contributed by atoms with van der Waals surface area (Å²) in [6.07, 6.45) is 3.13. The van der Waals surface area contributed by atoms with Crippen LogP contribution < -0.4 is 0 Å². The Hall–Kier alpha value is -1.89. The Morgan fingerprint density at radius 2 is 1.86 bits per heavy atom. The van der Waals surface area contributed by atoms with Crippen molar-refractivity contribution in [1.82, 2.24) is 19.3 Å². The number of nitrogens with zero attached hydrogens (tertiary/aromatic N) is 4. The van der Waals surface area contributed by atoms with E-state index in [2.05, 4.69) is 16.8 Å². The first-order valence-electron chi connectivity index (χ1n) is 10.4. The number of aryl methyl sites for hydroxylation is 1. The molecule has 0 bridgehead atoms. The number of amides is 1. The van der Waals surface area contributed by atoms with Gasteiger partial charge in [-0.15, -0.1) is 0 Å². The molecule has 152 valence electrons. The maximum atomic E-state index is 13.3. The number of hydrogen-bond donors (Lipinski definition) is 1. The van der Waals surface area contributed by atoms with Crippen molar-refractivity contribution in [1.29, 1.82) is 0 Å². The molecule has 3 heterocycles. The standard InChI is InChI=1S/C22H32N4O2/c1-23-8-5-9-25(11-10-23)12-17-13-26(14-18(17)16-27)22(28)20-15-24(2)21-7-4-3-6-19(20)21/h3-4,6-7,15,17-18,27H,5,8-14,16H2,1-2H3. The number of aliphatic hydroxyl groups excluding tert-OH is 1. The number of carbonyl (C=O) groups is 1. The molecular formula is C22H32N4O2. The minimum atomic E-state index is 0.0911. The van der Waals surface area contributed by atoms with Crippen LogP contribution in [0.5, 0.6) is 0 Å². The molecule has 1 N–H and O–H groups in total. The lowest BCUT2D eigenvalue weighted by Crippen LogP contribution is -2.36. The zero-order chi connectivity index (χ0) is 19.7. The molecule has 2 atom stereocenters. The van der Waals surface area contributed by atoms with E-state index in [0.29, 0.717) is 12.5 Å². The summed E-state index contributed by atoms with van der Waals surface area (Å²) in [7, 11) is 4.17. The average molecular weight is 385 g/mol. The second-order valence-corrected chi connectivity index (χ2v) is 8.54. The van der Waals surface area contributed by atoms with E-state index < -0.39 is 0 Å². The molecular weight excluding hydrogens is 352 g/mol. The molecule has 1 amide bonds. The van der Waals surface area contributed by atoms with Crippen molar-refractivity contribution < 1.29 is 9.90 Å². The van der Waals surface area contributed by atoms with Crippen molar-refractivity contribution >= 4 is 16.8 Å². The van der Waals surface area contributed by atoms with Gasteiger partial charge in [0, 0.05) is 69.4 Å². The fourth-order valence-corrected chi connectivity index (χ4v) is 4.81. The van der Waals surface area contributed by atoms with Crippen LogP contribution in [-0.2, 0) is 7.05 Å². The number of rotatable bonds is 4. The van der Waals surface area contributed by atoms with Crippen LogP contribution in [0.15, 0.2) is 30.5 Å². The van der Waals surface area contributed by atoms with Crippen LogP contribution in [0.2, 0.25) is 0 Å². The zero-order valence-electron chi connectivity index (χ0n) is 17.0. The Morgan fingerprint density at radius 1 is 1.07 bits per heavy atom. The second-order valence-electron chi connectivity index (χ2n) is 8.54. The summed E-state index contributed by atoms with van der Waals surface area (Å²) in [6.45, 7) is 6.93. The molecule has 1 aromatic carbocycles. The molecule has 1 aromatic heterocycles. The molecule has 28 heavy (non-hydrogen) atoms. The predicted molar refractivity (Wildman–Crippen MR) is 111 cm³/mol. The van der Waals surface area contributed by atoms with Crippen molar-refractivity contribution in [3.8, 4) is 0 Å². The summed E-state index contributed by atoms with van der Waals surface area (Å²) in [4.78, 5) is 20.1. The van der Waals surface area contributed by atoms with Gasteiger partial charge in [-0.1, -0.05) is 18.2 Å². The lowest BCUT2D eigenvalue weighted by molar-refractivity contribution is 0.0781. The van der Waals surface area contributed by atoms with Gasteiger partial charge in [0.05, 0.1) is 5.56 Å². The van der Waals surface area contributed by atoms with E-state index >= 15 is 0 Å². The van der Waals surface area contributed by atoms with E-state index in [0.717, 1.165) is 55.7 Å². The van der Waals surface area contributed by atoms with Crippen molar-refractivity contribution in [3.05, 3.63) is 36.0 Å². The fraction of sp³-hybridized carbons (Fsp3) is 0.591. The minimum absolute atomic E-state index is 0.0911. The number of likely N-dealkylation sites (tertiary alicyclic amines) is 1. The van der Waals surface area contributed by atoms with Gasteiger partial charge in [-0.25, -0.2) is 0 Å². The Kier molecular flexibility index (Phi) is 5.71. The number of carbonyl (C=O) groups excluding carboxylic acids is 1. The van der Waals surface area contributed by atoms with Gasteiger partial charge in [0.15, 0.2) is 0 Å². The van der Waals surface area contributed by atoms with Crippen molar-refractivity contribution in [2.24, 2.45) is 18.9 Å². The van der Waals surface area contributed by atoms with E-state index in [1.165, 1.54) is 6.42 Å². The first-order chi connectivity index (χ1) is 13.6. The summed E-state index contributed by atoms with van der Waals surface area (Å²) in [5.41, 5.74) is 1.85. The van der Waals surface area contributed by atoms with Crippen LogP contribution >= 0.6 is 0 Å². The van der Waals surface area contributed by atoms with Crippen LogP contribution in [0.1, 0.15) is 16.8 Å². The van der Waals surface area contributed by atoms with Crippen molar-refractivity contribution in [2.75, 3.05) is 59.5 Å². The van der Waals surface area contributed by atoms with Crippen molar-refractivity contribution in [3.63, 3.8) is 0 Å². The molecule has 2 aromatic rings. The van der Waals surface area contributed by atoms with Crippen LogP contribution in [0, 0.1) is 11.8 Å². The van der Waals surface area contributed by atoms with Gasteiger partial charge in [0.25, 0.3) is 5.91 Å². The number of benzene rings is 1. The molecule has 2 aliphatic rings. The Morgan fingerprint density at radius 3 is 2.68 bits per heavy atom. The van der Waals surface area contributed by atoms with Crippen molar-refractivity contribution in [2.45, 2.75) is 6.42 Å². The average Bonchev–Trinajstić information content (AvgIpc) is 3.19. The quantitative estimate of drug-likeness (QED) is 0.868. The number of para-hydroxylation sites is 1. The summed E-state index contributed by atoms with van der Waals surface area (Å²) in [5, 5.41) is 10.9. The largest absolute Gasteiger partial charge is 0.396 e. The maximum absolute atomic E-state index is 13.3. The summed E-state index contributed by atoms with van der Waals surface area (Å²) in [5.74, 6) is 0.598. The molecule has 0 aliphatic carbocycles. The third-order valence-electron chi connectivity index (χ3n) is 6.53. The number of aromatic nitrogens is 1. The molecule has 0 radical (unpaired) electrons. The lowest BCUT2D eigenvalue weighted by Gasteiger charge is -2.26. The minimum Gasteiger partial charge on any atom is -0.396 e.